The quantitative estimate of drug-likeness (QED) is 0.303. The molecular formula is C19H11Cl3N2O2. The van der Waals surface area contributed by atoms with E-state index in [1.54, 1.807) is 60.9 Å². The number of hydrogen-bond donors (Lipinski definition) is 0. The molecule has 0 N–H and O–H groups in total. The summed E-state index contributed by atoms with van der Waals surface area (Å²) in [5.74, 6) is -0.223. The molecule has 0 amide bonds. The minimum atomic E-state index is -0.524. The molecule has 3 rings (SSSR count). The van der Waals surface area contributed by atoms with Gasteiger partial charge in [0.05, 0.1) is 16.3 Å². The Kier molecular flexibility index (Phi) is 5.89. The van der Waals surface area contributed by atoms with Crippen LogP contribution >= 0.6 is 34.8 Å². The Balaban J connectivity index is 1.81. The van der Waals surface area contributed by atoms with Gasteiger partial charge in [0, 0.05) is 28.7 Å². The lowest BCUT2D eigenvalue weighted by atomic mass is 10.2. The molecule has 0 unspecified atom stereocenters. The summed E-state index contributed by atoms with van der Waals surface area (Å²) in [6.07, 6.45) is 4.58. The maximum Gasteiger partial charge on any atom is 0.345 e. The SMILES string of the molecule is O=C(Oc1cc(Cl)cc(C=Nc2ccc(Cl)cc2Cl)c1)c1cccnc1. The second kappa shape index (κ2) is 8.32. The molecule has 0 fully saturated rings. The molecule has 1 heterocycles. The van der Waals surface area contributed by atoms with Gasteiger partial charge in [-0.05, 0) is 54.1 Å². The first-order valence-electron chi connectivity index (χ1n) is 7.43. The van der Waals surface area contributed by atoms with E-state index in [0.717, 1.165) is 0 Å². The molecule has 0 spiro atoms. The fraction of sp³-hybridized carbons (Fsp3) is 0. The van der Waals surface area contributed by atoms with E-state index >= 15 is 0 Å². The molecule has 0 saturated carbocycles. The summed E-state index contributed by atoms with van der Waals surface area (Å²) in [7, 11) is 0. The van der Waals surface area contributed by atoms with Crippen molar-refractivity contribution in [3.05, 3.63) is 87.1 Å². The highest BCUT2D eigenvalue weighted by Crippen LogP contribution is 2.28. The zero-order valence-corrected chi connectivity index (χ0v) is 15.5. The van der Waals surface area contributed by atoms with Crippen LogP contribution in [-0.4, -0.2) is 17.2 Å². The number of nitrogens with zero attached hydrogens (tertiary/aromatic N) is 2. The van der Waals surface area contributed by atoms with Crippen LogP contribution in [-0.2, 0) is 0 Å². The topological polar surface area (TPSA) is 51.5 Å². The molecule has 26 heavy (non-hydrogen) atoms. The Morgan fingerprint density at radius 2 is 1.88 bits per heavy atom. The van der Waals surface area contributed by atoms with Crippen molar-refractivity contribution in [1.29, 1.82) is 0 Å². The molecule has 0 radical (unpaired) electrons. The first-order chi connectivity index (χ1) is 12.5. The molecule has 4 nitrogen and oxygen atoms in total. The van der Waals surface area contributed by atoms with Crippen molar-refractivity contribution >= 4 is 52.7 Å². The molecule has 0 saturated heterocycles. The van der Waals surface area contributed by atoms with Crippen LogP contribution in [0.2, 0.25) is 15.1 Å². The van der Waals surface area contributed by atoms with Gasteiger partial charge in [0.1, 0.15) is 5.75 Å². The van der Waals surface area contributed by atoms with E-state index in [4.69, 9.17) is 39.5 Å². The second-order valence-corrected chi connectivity index (χ2v) is 6.49. The van der Waals surface area contributed by atoms with E-state index in [9.17, 15) is 4.79 Å². The van der Waals surface area contributed by atoms with Crippen molar-refractivity contribution in [1.82, 2.24) is 4.98 Å². The number of carbonyl (C=O) groups excluding carboxylic acids is 1. The molecule has 3 aromatic rings. The number of hydrogen-bond acceptors (Lipinski definition) is 4. The minimum Gasteiger partial charge on any atom is -0.423 e. The molecule has 1 aromatic heterocycles. The fourth-order valence-electron chi connectivity index (χ4n) is 2.10. The Morgan fingerprint density at radius 1 is 1.04 bits per heavy atom. The van der Waals surface area contributed by atoms with Gasteiger partial charge in [0.25, 0.3) is 0 Å². The highest BCUT2D eigenvalue weighted by molar-refractivity contribution is 6.36. The number of esters is 1. The van der Waals surface area contributed by atoms with Crippen LogP contribution < -0.4 is 4.74 Å². The summed E-state index contributed by atoms with van der Waals surface area (Å²) in [6.45, 7) is 0. The maximum absolute atomic E-state index is 12.1. The lowest BCUT2D eigenvalue weighted by Crippen LogP contribution is -2.08. The van der Waals surface area contributed by atoms with Crippen LogP contribution in [0.4, 0.5) is 5.69 Å². The van der Waals surface area contributed by atoms with Crippen LogP contribution in [0.5, 0.6) is 5.75 Å². The third-order valence-corrected chi connectivity index (χ3v) is 4.02. The first-order valence-corrected chi connectivity index (χ1v) is 8.56. The largest absolute Gasteiger partial charge is 0.423 e. The normalized spacial score (nSPS) is 10.9. The van der Waals surface area contributed by atoms with E-state index in [1.165, 1.54) is 6.20 Å². The minimum absolute atomic E-state index is 0.301. The van der Waals surface area contributed by atoms with Crippen LogP contribution in [0.15, 0.2) is 65.9 Å². The number of halogens is 3. The molecule has 0 aliphatic rings. The van der Waals surface area contributed by atoms with Crippen molar-refractivity contribution in [2.24, 2.45) is 4.99 Å². The maximum atomic E-state index is 12.1. The zero-order valence-electron chi connectivity index (χ0n) is 13.2. The number of aliphatic imine (C=N–C) groups is 1. The number of carbonyl (C=O) groups is 1. The monoisotopic (exact) mass is 404 g/mol. The van der Waals surface area contributed by atoms with E-state index in [0.29, 0.717) is 37.6 Å². The average Bonchev–Trinajstić information content (AvgIpc) is 2.61. The standard InChI is InChI=1S/C19H11Cl3N2O2/c20-14-3-4-18(17(22)9-14)24-10-12-6-15(21)8-16(7-12)26-19(25)13-2-1-5-23-11-13/h1-11H. The van der Waals surface area contributed by atoms with Crippen LogP contribution in [0.25, 0.3) is 0 Å². The van der Waals surface area contributed by atoms with Gasteiger partial charge >= 0.3 is 5.97 Å². The molecule has 0 aliphatic carbocycles. The van der Waals surface area contributed by atoms with Gasteiger partial charge in [-0.15, -0.1) is 0 Å². The number of rotatable bonds is 4. The van der Waals surface area contributed by atoms with Crippen molar-refractivity contribution in [3.8, 4) is 5.75 Å². The molecule has 7 heteroatoms. The summed E-state index contributed by atoms with van der Waals surface area (Å²) in [5, 5.41) is 1.37. The zero-order chi connectivity index (χ0) is 18.5. The van der Waals surface area contributed by atoms with Crippen molar-refractivity contribution in [3.63, 3.8) is 0 Å². The number of benzene rings is 2. The van der Waals surface area contributed by atoms with Gasteiger partial charge in [0.15, 0.2) is 0 Å². The molecule has 0 bridgehead atoms. The molecule has 130 valence electrons. The van der Waals surface area contributed by atoms with Crippen LogP contribution in [0, 0.1) is 0 Å². The van der Waals surface area contributed by atoms with E-state index in [1.807, 2.05) is 0 Å². The van der Waals surface area contributed by atoms with Gasteiger partial charge in [-0.3, -0.25) is 9.98 Å². The van der Waals surface area contributed by atoms with Gasteiger partial charge in [-0.1, -0.05) is 34.8 Å². The predicted octanol–water partition coefficient (Wildman–Crippen LogP) is 6.01. The van der Waals surface area contributed by atoms with Crippen molar-refractivity contribution in [2.75, 3.05) is 0 Å². The lowest BCUT2D eigenvalue weighted by Gasteiger charge is -2.06. The summed E-state index contributed by atoms with van der Waals surface area (Å²) in [6, 6.07) is 13.2. The Hall–Kier alpha value is -2.40. The second-order valence-electron chi connectivity index (χ2n) is 5.21. The summed E-state index contributed by atoms with van der Waals surface area (Å²) in [5.41, 5.74) is 1.55. The van der Waals surface area contributed by atoms with Gasteiger partial charge in [-0.25, -0.2) is 4.79 Å². The highest BCUT2D eigenvalue weighted by atomic mass is 35.5. The van der Waals surface area contributed by atoms with Gasteiger partial charge in [0.2, 0.25) is 0 Å². The van der Waals surface area contributed by atoms with Crippen LogP contribution in [0.1, 0.15) is 15.9 Å². The molecular weight excluding hydrogens is 395 g/mol. The molecule has 0 atom stereocenters. The molecule has 0 aliphatic heterocycles. The summed E-state index contributed by atoms with van der Waals surface area (Å²) >= 11 is 18.1. The van der Waals surface area contributed by atoms with Gasteiger partial charge < -0.3 is 4.74 Å². The van der Waals surface area contributed by atoms with E-state index in [-0.39, 0.29) is 0 Å². The third kappa shape index (κ3) is 4.82. The van der Waals surface area contributed by atoms with Crippen LogP contribution in [0.3, 0.4) is 0 Å². The smallest absolute Gasteiger partial charge is 0.345 e. The number of pyridine rings is 1. The first kappa shape index (κ1) is 18.4. The molecule has 2 aromatic carbocycles. The highest BCUT2D eigenvalue weighted by Gasteiger charge is 2.09. The number of ether oxygens (including phenoxy) is 1. The Labute approximate surface area is 165 Å². The van der Waals surface area contributed by atoms with Crippen molar-refractivity contribution in [2.45, 2.75) is 0 Å². The van der Waals surface area contributed by atoms with Crippen molar-refractivity contribution < 1.29 is 9.53 Å². The summed E-state index contributed by atoms with van der Waals surface area (Å²) < 4.78 is 5.34. The van der Waals surface area contributed by atoms with Gasteiger partial charge in [-0.2, -0.15) is 0 Å². The Morgan fingerprint density at radius 3 is 2.62 bits per heavy atom. The average molecular weight is 406 g/mol. The lowest BCUT2D eigenvalue weighted by molar-refractivity contribution is 0.0734. The predicted molar refractivity (Wildman–Crippen MR) is 104 cm³/mol. The van der Waals surface area contributed by atoms with E-state index < -0.39 is 5.97 Å². The summed E-state index contributed by atoms with van der Waals surface area (Å²) in [4.78, 5) is 20.3. The number of aromatic nitrogens is 1. The third-order valence-electron chi connectivity index (χ3n) is 3.26. The Bertz CT molecular complexity index is 976. The fourth-order valence-corrected chi connectivity index (χ4v) is 2.79. The van der Waals surface area contributed by atoms with E-state index in [2.05, 4.69) is 9.98 Å².